The van der Waals surface area contributed by atoms with E-state index in [-0.39, 0.29) is 13.0 Å². The van der Waals surface area contributed by atoms with E-state index >= 15 is 0 Å². The number of ether oxygens (including phenoxy) is 1. The van der Waals surface area contributed by atoms with Crippen LogP contribution in [0, 0.1) is 5.82 Å². The first-order valence-corrected chi connectivity index (χ1v) is 5.67. The lowest BCUT2D eigenvalue weighted by Crippen LogP contribution is -2.37. The third-order valence-corrected chi connectivity index (χ3v) is 3.01. The molecule has 19 heavy (non-hydrogen) atoms. The van der Waals surface area contributed by atoms with Crippen molar-refractivity contribution in [2.45, 2.75) is 18.6 Å². The molecule has 1 heterocycles. The second kappa shape index (κ2) is 4.88. The zero-order valence-corrected chi connectivity index (χ0v) is 10.1. The van der Waals surface area contributed by atoms with Gasteiger partial charge in [0, 0.05) is 12.0 Å². The summed E-state index contributed by atoms with van der Waals surface area (Å²) < 4.78 is 57.0. The van der Waals surface area contributed by atoms with Crippen LogP contribution >= 0.6 is 11.6 Å². The average molecular weight is 298 g/mol. The highest BCUT2D eigenvalue weighted by Gasteiger charge is 2.38. The molecule has 8 heteroatoms. The molecule has 0 spiro atoms. The number of rotatable bonds is 1. The molecule has 1 amide bonds. The Bertz CT molecular complexity index is 518. The SMILES string of the molecule is O=C1N[C@H](c2c(C(F)(F)F)ccc(Cl)c2F)CCO1. The van der Waals surface area contributed by atoms with Gasteiger partial charge >= 0.3 is 12.3 Å². The molecule has 1 aliphatic rings. The number of alkyl halides is 3. The molecule has 0 aliphatic carbocycles. The second-order valence-electron chi connectivity index (χ2n) is 3.94. The van der Waals surface area contributed by atoms with Crippen LogP contribution in [0.4, 0.5) is 22.4 Å². The molecule has 1 fully saturated rings. The van der Waals surface area contributed by atoms with Crippen molar-refractivity contribution in [1.82, 2.24) is 5.32 Å². The molecule has 1 aromatic rings. The molecule has 1 aromatic carbocycles. The van der Waals surface area contributed by atoms with Crippen molar-refractivity contribution >= 4 is 17.7 Å². The lowest BCUT2D eigenvalue weighted by Gasteiger charge is -2.26. The summed E-state index contributed by atoms with van der Waals surface area (Å²) in [6, 6.07) is 0.420. The molecule has 1 saturated heterocycles. The minimum absolute atomic E-state index is 0.0338. The van der Waals surface area contributed by atoms with Crippen LogP contribution in [-0.2, 0) is 10.9 Å². The predicted octanol–water partition coefficient (Wildman–Crippen LogP) is 3.67. The van der Waals surface area contributed by atoms with Crippen molar-refractivity contribution in [1.29, 1.82) is 0 Å². The van der Waals surface area contributed by atoms with Crippen molar-refractivity contribution in [2.75, 3.05) is 6.61 Å². The maximum atomic E-state index is 13.9. The highest BCUT2D eigenvalue weighted by atomic mass is 35.5. The van der Waals surface area contributed by atoms with E-state index in [4.69, 9.17) is 11.6 Å². The minimum atomic E-state index is -4.73. The molecule has 0 bridgehead atoms. The summed E-state index contributed by atoms with van der Waals surface area (Å²) in [5.41, 5.74) is -1.81. The Morgan fingerprint density at radius 3 is 2.63 bits per heavy atom. The van der Waals surface area contributed by atoms with Crippen LogP contribution in [0.1, 0.15) is 23.6 Å². The number of amides is 1. The first kappa shape index (κ1) is 13.9. The molecule has 1 aliphatic heterocycles. The van der Waals surface area contributed by atoms with Gasteiger partial charge in [-0.05, 0) is 12.1 Å². The van der Waals surface area contributed by atoms with Crippen molar-refractivity contribution in [3.05, 3.63) is 34.1 Å². The third kappa shape index (κ3) is 2.75. The Morgan fingerprint density at radius 2 is 2.05 bits per heavy atom. The fourth-order valence-corrected chi connectivity index (χ4v) is 2.06. The fraction of sp³-hybridized carbons (Fsp3) is 0.364. The Labute approximate surface area is 110 Å². The number of carbonyl (C=O) groups is 1. The van der Waals surface area contributed by atoms with E-state index in [1.165, 1.54) is 0 Å². The molecule has 104 valence electrons. The van der Waals surface area contributed by atoms with E-state index in [1.54, 1.807) is 0 Å². The van der Waals surface area contributed by atoms with Gasteiger partial charge in [-0.25, -0.2) is 9.18 Å². The average Bonchev–Trinajstić information content (AvgIpc) is 2.31. The third-order valence-electron chi connectivity index (χ3n) is 2.72. The molecular formula is C11H8ClF4NO2. The van der Waals surface area contributed by atoms with Crippen LogP contribution < -0.4 is 5.32 Å². The fourth-order valence-electron chi connectivity index (χ4n) is 1.90. The van der Waals surface area contributed by atoms with Gasteiger partial charge in [-0.3, -0.25) is 0 Å². The first-order chi connectivity index (χ1) is 8.80. The van der Waals surface area contributed by atoms with Crippen LogP contribution in [0.3, 0.4) is 0 Å². The first-order valence-electron chi connectivity index (χ1n) is 5.29. The number of hydrogen-bond donors (Lipinski definition) is 1. The molecule has 0 saturated carbocycles. The summed E-state index contributed by atoms with van der Waals surface area (Å²) >= 11 is 5.51. The zero-order valence-electron chi connectivity index (χ0n) is 9.35. The second-order valence-corrected chi connectivity index (χ2v) is 4.35. The number of alkyl carbamates (subject to hydrolysis) is 1. The Hall–Kier alpha value is -1.50. The summed E-state index contributed by atoms with van der Waals surface area (Å²) in [4.78, 5) is 11.0. The number of halogens is 5. The maximum Gasteiger partial charge on any atom is 0.416 e. The summed E-state index contributed by atoms with van der Waals surface area (Å²) in [6.45, 7) is -0.0836. The van der Waals surface area contributed by atoms with Crippen molar-refractivity contribution in [2.24, 2.45) is 0 Å². The highest BCUT2D eigenvalue weighted by Crippen LogP contribution is 2.39. The smallest absolute Gasteiger partial charge is 0.416 e. The van der Waals surface area contributed by atoms with E-state index < -0.39 is 40.3 Å². The highest BCUT2D eigenvalue weighted by molar-refractivity contribution is 6.30. The summed E-state index contributed by atoms with van der Waals surface area (Å²) in [5, 5.41) is 1.73. The normalized spacial score (nSPS) is 19.8. The van der Waals surface area contributed by atoms with Crippen molar-refractivity contribution < 1.29 is 27.1 Å². The minimum Gasteiger partial charge on any atom is -0.449 e. The maximum absolute atomic E-state index is 13.9. The number of carbonyl (C=O) groups excluding carboxylic acids is 1. The van der Waals surface area contributed by atoms with Crippen LogP contribution in [0.2, 0.25) is 5.02 Å². The number of benzene rings is 1. The van der Waals surface area contributed by atoms with Crippen LogP contribution in [0.25, 0.3) is 0 Å². The molecule has 0 radical (unpaired) electrons. The summed E-state index contributed by atoms with van der Waals surface area (Å²) in [7, 11) is 0. The Balaban J connectivity index is 2.53. The Morgan fingerprint density at radius 1 is 1.37 bits per heavy atom. The van der Waals surface area contributed by atoms with Crippen LogP contribution in [0.15, 0.2) is 12.1 Å². The van der Waals surface area contributed by atoms with Gasteiger partial charge in [-0.1, -0.05) is 11.6 Å². The predicted molar refractivity (Wildman–Crippen MR) is 58.3 cm³/mol. The lowest BCUT2D eigenvalue weighted by molar-refractivity contribution is -0.138. The van der Waals surface area contributed by atoms with Crippen molar-refractivity contribution in [3.63, 3.8) is 0 Å². The van der Waals surface area contributed by atoms with Crippen LogP contribution in [-0.4, -0.2) is 12.7 Å². The van der Waals surface area contributed by atoms with Crippen LogP contribution in [0.5, 0.6) is 0 Å². The lowest BCUT2D eigenvalue weighted by atomic mass is 9.96. The van der Waals surface area contributed by atoms with Gasteiger partial charge in [-0.15, -0.1) is 0 Å². The Kier molecular flexibility index (Phi) is 3.58. The quantitative estimate of drug-likeness (QED) is 0.803. The largest absolute Gasteiger partial charge is 0.449 e. The summed E-state index contributed by atoms with van der Waals surface area (Å²) in [6.07, 6.45) is -5.58. The number of hydrogen-bond acceptors (Lipinski definition) is 2. The summed E-state index contributed by atoms with van der Waals surface area (Å²) in [5.74, 6) is -1.18. The topological polar surface area (TPSA) is 38.3 Å². The molecule has 1 N–H and O–H groups in total. The molecular weight excluding hydrogens is 290 g/mol. The van der Waals surface area contributed by atoms with Gasteiger partial charge in [0.15, 0.2) is 0 Å². The van der Waals surface area contributed by atoms with Gasteiger partial charge < -0.3 is 10.1 Å². The number of cyclic esters (lactones) is 1. The van der Waals surface area contributed by atoms with Gasteiger partial charge in [0.1, 0.15) is 5.82 Å². The standard InChI is InChI=1S/C11H8ClF4NO2/c12-6-2-1-5(11(14,15)16)8(9(6)13)7-3-4-19-10(18)17-7/h1-2,7H,3-4H2,(H,17,18)/t7-/m0/s1. The number of nitrogens with one attached hydrogen (secondary N) is 1. The molecule has 1 atom stereocenters. The molecule has 0 unspecified atom stereocenters. The zero-order chi connectivity index (χ0) is 14.2. The monoisotopic (exact) mass is 297 g/mol. The van der Waals surface area contributed by atoms with E-state index in [9.17, 15) is 22.4 Å². The van der Waals surface area contributed by atoms with Gasteiger partial charge in [-0.2, -0.15) is 13.2 Å². The van der Waals surface area contributed by atoms with Gasteiger partial charge in [0.25, 0.3) is 0 Å². The van der Waals surface area contributed by atoms with E-state index in [0.29, 0.717) is 6.07 Å². The van der Waals surface area contributed by atoms with Gasteiger partial charge in [0.2, 0.25) is 0 Å². The van der Waals surface area contributed by atoms with E-state index in [2.05, 4.69) is 10.1 Å². The molecule has 0 aromatic heterocycles. The molecule has 2 rings (SSSR count). The van der Waals surface area contributed by atoms with Gasteiger partial charge in [0.05, 0.1) is 23.2 Å². The van der Waals surface area contributed by atoms with Crippen molar-refractivity contribution in [3.8, 4) is 0 Å². The van der Waals surface area contributed by atoms with E-state index in [0.717, 1.165) is 6.07 Å². The van der Waals surface area contributed by atoms with E-state index in [1.807, 2.05) is 0 Å². The molecule has 3 nitrogen and oxygen atoms in total.